The molecule has 1 amide bonds. The molecule has 0 fully saturated rings. The molecule has 1 N–H and O–H groups in total. The van der Waals surface area contributed by atoms with Crippen LogP contribution in [0.4, 0.5) is 4.79 Å². The highest BCUT2D eigenvalue weighted by atomic mass is 35.5. The van der Waals surface area contributed by atoms with E-state index in [0.29, 0.717) is 158 Å². The zero-order valence-electron chi connectivity index (χ0n) is 27.2. The van der Waals surface area contributed by atoms with Gasteiger partial charge in [-0.3, -0.25) is 0 Å². The number of carbonyl (C=O) groups is 1. The number of carbonyl (C=O) groups excluding carboxylic acids is 1. The van der Waals surface area contributed by atoms with Crippen molar-refractivity contribution in [1.82, 2.24) is 5.32 Å². The van der Waals surface area contributed by atoms with Crippen LogP contribution in [0.15, 0.2) is 0 Å². The average Bonchev–Trinajstić information content (AvgIpc) is 2.98. The quantitative estimate of drug-likeness (QED) is 0.0781. The zero-order chi connectivity index (χ0) is 32.2. The van der Waals surface area contributed by atoms with Gasteiger partial charge in [0.15, 0.2) is 0 Å². The third-order valence-electron chi connectivity index (χ3n) is 4.86. The Morgan fingerprint density at radius 3 is 0.886 bits per heavy atom. The first kappa shape index (κ1) is 43.1. The van der Waals surface area contributed by atoms with Gasteiger partial charge in [-0.1, -0.05) is 0 Å². The van der Waals surface area contributed by atoms with Crippen LogP contribution in [0.2, 0.25) is 0 Å². The first-order valence-corrected chi connectivity index (χ1v) is 15.9. The molecule has 15 heteroatoms. The van der Waals surface area contributed by atoms with Crippen LogP contribution in [0.25, 0.3) is 0 Å². The Labute approximate surface area is 268 Å². The van der Waals surface area contributed by atoms with Crippen molar-refractivity contribution in [2.24, 2.45) is 0 Å². The van der Waals surface area contributed by atoms with Gasteiger partial charge in [0.05, 0.1) is 145 Å². The van der Waals surface area contributed by atoms with Crippen LogP contribution in [0.3, 0.4) is 0 Å². The van der Waals surface area contributed by atoms with Crippen molar-refractivity contribution in [3.05, 3.63) is 0 Å². The number of rotatable bonds is 35. The first-order valence-electron chi connectivity index (χ1n) is 15.3. The van der Waals surface area contributed by atoms with Gasteiger partial charge in [0, 0.05) is 12.4 Å². The van der Waals surface area contributed by atoms with Crippen molar-refractivity contribution in [1.29, 1.82) is 0 Å². The normalized spacial score (nSPS) is 11.7. The lowest BCUT2D eigenvalue weighted by molar-refractivity contribution is -0.0273. The first-order chi connectivity index (χ1) is 21.5. The maximum Gasteiger partial charge on any atom is 0.407 e. The summed E-state index contributed by atoms with van der Waals surface area (Å²) < 4.78 is 64.6. The fraction of sp³-hybridized carbons (Fsp3) is 0.966. The number of hydrogen-bond acceptors (Lipinski definition) is 13. The van der Waals surface area contributed by atoms with Crippen LogP contribution in [0, 0.1) is 0 Å². The summed E-state index contributed by atoms with van der Waals surface area (Å²) in [4.78, 5) is 11.5. The second-order valence-electron chi connectivity index (χ2n) is 9.85. The fourth-order valence-electron chi connectivity index (χ4n) is 2.90. The molecule has 0 aromatic rings. The Hall–Kier alpha value is -0.880. The number of hydrogen-bond donors (Lipinski definition) is 1. The minimum absolute atomic E-state index is 0.383. The van der Waals surface area contributed by atoms with E-state index in [1.165, 1.54) is 0 Å². The monoisotopic (exact) mass is 663 g/mol. The van der Waals surface area contributed by atoms with Gasteiger partial charge in [0.1, 0.15) is 5.60 Å². The van der Waals surface area contributed by atoms with E-state index in [0.717, 1.165) is 0 Å². The fourth-order valence-corrected chi connectivity index (χ4v) is 3.00. The molecular formula is C29H58ClNO13. The molecule has 0 heterocycles. The molecule has 0 radical (unpaired) electrons. The van der Waals surface area contributed by atoms with Gasteiger partial charge >= 0.3 is 6.09 Å². The van der Waals surface area contributed by atoms with Crippen LogP contribution in [0.5, 0.6) is 0 Å². The lowest BCUT2D eigenvalue weighted by Crippen LogP contribution is -2.34. The summed E-state index contributed by atoms with van der Waals surface area (Å²) in [5.41, 5.74) is -0.511. The molecule has 0 aromatic heterocycles. The summed E-state index contributed by atoms with van der Waals surface area (Å²) in [6.07, 6.45) is -0.452. The molecular weight excluding hydrogens is 606 g/mol. The highest BCUT2D eigenvalue weighted by molar-refractivity contribution is 6.17. The van der Waals surface area contributed by atoms with Crippen LogP contribution in [0.1, 0.15) is 20.8 Å². The molecule has 0 saturated carbocycles. The van der Waals surface area contributed by atoms with E-state index < -0.39 is 11.7 Å². The summed E-state index contributed by atoms with van der Waals surface area (Å²) in [5, 5.41) is 2.63. The molecule has 0 spiro atoms. The minimum atomic E-state index is -0.511. The standard InChI is InChI=1S/C29H58ClNO13/c1-29(2,3)44-28(32)31-5-7-34-9-11-36-13-15-38-17-19-40-21-23-42-25-27-43-26-24-41-22-20-39-18-16-37-14-12-35-10-8-33-6-4-30/h4-27H2,1-3H3,(H,31,32). The molecule has 264 valence electrons. The molecule has 0 bridgehead atoms. The van der Waals surface area contributed by atoms with Gasteiger partial charge < -0.3 is 62.2 Å². The molecule has 14 nitrogen and oxygen atoms in total. The highest BCUT2D eigenvalue weighted by Crippen LogP contribution is 2.06. The van der Waals surface area contributed by atoms with Crippen molar-refractivity contribution in [2.45, 2.75) is 26.4 Å². The zero-order valence-corrected chi connectivity index (χ0v) is 27.9. The Balaban J connectivity index is 3.09. The predicted molar refractivity (Wildman–Crippen MR) is 164 cm³/mol. The molecule has 0 atom stereocenters. The van der Waals surface area contributed by atoms with E-state index in [2.05, 4.69) is 5.32 Å². The van der Waals surface area contributed by atoms with Crippen LogP contribution >= 0.6 is 11.6 Å². The van der Waals surface area contributed by atoms with Gasteiger partial charge in [-0.25, -0.2) is 4.79 Å². The topological polar surface area (TPSA) is 140 Å². The molecule has 0 unspecified atom stereocenters. The van der Waals surface area contributed by atoms with Gasteiger partial charge in [-0.15, -0.1) is 11.6 Å². The Bertz CT molecular complexity index is 588. The minimum Gasteiger partial charge on any atom is -0.444 e. The predicted octanol–water partition coefficient (Wildman–Crippen LogP) is 1.93. The van der Waals surface area contributed by atoms with Gasteiger partial charge in [-0.05, 0) is 20.8 Å². The van der Waals surface area contributed by atoms with Crippen LogP contribution in [-0.2, 0) is 56.8 Å². The molecule has 0 aromatic carbocycles. The molecule has 0 aliphatic heterocycles. The van der Waals surface area contributed by atoms with E-state index in [4.69, 9.17) is 68.4 Å². The van der Waals surface area contributed by atoms with E-state index in [1.54, 1.807) is 0 Å². The SMILES string of the molecule is CC(C)(C)OC(=O)NCCOCCOCCOCCOCCOCCOCCOCCOCCOCCOCCOCCCl. The highest BCUT2D eigenvalue weighted by Gasteiger charge is 2.15. The third kappa shape index (κ3) is 39.1. The maximum absolute atomic E-state index is 11.5. The molecule has 0 aliphatic rings. The van der Waals surface area contributed by atoms with Gasteiger partial charge in [0.25, 0.3) is 0 Å². The average molecular weight is 664 g/mol. The number of nitrogens with one attached hydrogen (secondary N) is 1. The van der Waals surface area contributed by atoms with E-state index in [9.17, 15) is 4.79 Å². The summed E-state index contributed by atoms with van der Waals surface area (Å²) in [5.74, 6) is 0.494. The van der Waals surface area contributed by atoms with Crippen molar-refractivity contribution in [3.63, 3.8) is 0 Å². The van der Waals surface area contributed by atoms with Crippen molar-refractivity contribution in [2.75, 3.05) is 158 Å². The van der Waals surface area contributed by atoms with E-state index in [1.807, 2.05) is 20.8 Å². The number of alkyl carbamates (subject to hydrolysis) is 1. The maximum atomic E-state index is 11.5. The lowest BCUT2D eigenvalue weighted by Gasteiger charge is -2.19. The lowest BCUT2D eigenvalue weighted by atomic mass is 10.2. The van der Waals surface area contributed by atoms with Crippen molar-refractivity contribution >= 4 is 17.7 Å². The van der Waals surface area contributed by atoms with Gasteiger partial charge in [-0.2, -0.15) is 0 Å². The van der Waals surface area contributed by atoms with E-state index in [-0.39, 0.29) is 0 Å². The second kappa shape index (κ2) is 35.0. The molecule has 0 saturated heterocycles. The Morgan fingerprint density at radius 1 is 0.432 bits per heavy atom. The number of ether oxygens (including phenoxy) is 12. The van der Waals surface area contributed by atoms with Gasteiger partial charge in [0.2, 0.25) is 0 Å². The van der Waals surface area contributed by atoms with E-state index >= 15 is 0 Å². The van der Waals surface area contributed by atoms with Crippen molar-refractivity contribution in [3.8, 4) is 0 Å². The van der Waals surface area contributed by atoms with Crippen LogP contribution < -0.4 is 5.32 Å². The smallest absolute Gasteiger partial charge is 0.407 e. The third-order valence-corrected chi connectivity index (χ3v) is 5.01. The number of amides is 1. The summed E-state index contributed by atoms with van der Waals surface area (Å²) in [7, 11) is 0. The van der Waals surface area contributed by atoms with Crippen LogP contribution in [-0.4, -0.2) is 169 Å². The Kier molecular flexibility index (Phi) is 34.3. The largest absolute Gasteiger partial charge is 0.444 e. The molecule has 0 rings (SSSR count). The summed E-state index contributed by atoms with van der Waals surface area (Å²) in [6.45, 7) is 16.7. The summed E-state index contributed by atoms with van der Waals surface area (Å²) in [6, 6.07) is 0. The molecule has 44 heavy (non-hydrogen) atoms. The second-order valence-corrected chi connectivity index (χ2v) is 10.2. The van der Waals surface area contributed by atoms with Crippen molar-refractivity contribution < 1.29 is 61.6 Å². The number of halogens is 1. The summed E-state index contributed by atoms with van der Waals surface area (Å²) >= 11 is 5.51. The number of alkyl halides is 1. The molecule has 0 aliphatic carbocycles. The Morgan fingerprint density at radius 2 is 0.659 bits per heavy atom.